The van der Waals surface area contributed by atoms with Crippen molar-refractivity contribution in [1.82, 2.24) is 10.2 Å². The Labute approximate surface area is 155 Å². The van der Waals surface area contributed by atoms with Crippen LogP contribution in [0.15, 0.2) is 44.9 Å². The minimum absolute atomic E-state index is 0.0561. The molecule has 0 atom stereocenters. The number of rotatable bonds is 4. The minimum atomic E-state index is -0.771. The minimum Gasteiger partial charge on any atom is -0.467 e. The van der Waals surface area contributed by atoms with E-state index in [1.165, 1.54) is 18.8 Å². The van der Waals surface area contributed by atoms with E-state index in [0.29, 0.717) is 17.4 Å². The molecular formula is C19H19N3O5. The van der Waals surface area contributed by atoms with Crippen LogP contribution in [0.25, 0.3) is 6.08 Å². The van der Waals surface area contributed by atoms with Gasteiger partial charge in [0.2, 0.25) is 0 Å². The molecule has 0 aliphatic carbocycles. The molecule has 2 fully saturated rings. The van der Waals surface area contributed by atoms with Gasteiger partial charge in [-0.1, -0.05) is 0 Å². The molecular weight excluding hydrogens is 350 g/mol. The summed E-state index contributed by atoms with van der Waals surface area (Å²) in [5, 5.41) is 2.18. The summed E-state index contributed by atoms with van der Waals surface area (Å²) in [6, 6.07) is 6.08. The van der Waals surface area contributed by atoms with Crippen molar-refractivity contribution in [1.29, 1.82) is 0 Å². The van der Waals surface area contributed by atoms with E-state index in [4.69, 9.17) is 8.83 Å². The molecule has 0 saturated carbocycles. The van der Waals surface area contributed by atoms with Crippen molar-refractivity contribution in [2.75, 3.05) is 18.0 Å². The van der Waals surface area contributed by atoms with Gasteiger partial charge in [-0.3, -0.25) is 19.8 Å². The monoisotopic (exact) mass is 369 g/mol. The summed E-state index contributed by atoms with van der Waals surface area (Å²) >= 11 is 0. The first-order chi connectivity index (χ1) is 13.1. The van der Waals surface area contributed by atoms with Crippen LogP contribution in [0, 0.1) is 0 Å². The van der Waals surface area contributed by atoms with Crippen LogP contribution in [-0.2, 0) is 16.1 Å². The third-order valence-corrected chi connectivity index (χ3v) is 4.65. The van der Waals surface area contributed by atoms with Crippen LogP contribution in [0.3, 0.4) is 0 Å². The van der Waals surface area contributed by atoms with Crippen molar-refractivity contribution in [2.24, 2.45) is 0 Å². The van der Waals surface area contributed by atoms with E-state index in [-0.39, 0.29) is 12.1 Å². The lowest BCUT2D eigenvalue weighted by Crippen LogP contribution is -2.53. The van der Waals surface area contributed by atoms with Crippen molar-refractivity contribution >= 4 is 29.8 Å². The van der Waals surface area contributed by atoms with Crippen LogP contribution in [-0.4, -0.2) is 35.8 Å². The van der Waals surface area contributed by atoms with Gasteiger partial charge in [0.25, 0.3) is 11.8 Å². The summed E-state index contributed by atoms with van der Waals surface area (Å²) in [5.74, 6) is 0.125. The van der Waals surface area contributed by atoms with Crippen LogP contribution >= 0.6 is 0 Å². The predicted molar refractivity (Wildman–Crippen MR) is 95.5 cm³/mol. The predicted octanol–water partition coefficient (Wildman–Crippen LogP) is 2.52. The van der Waals surface area contributed by atoms with Gasteiger partial charge in [-0.05, 0) is 43.5 Å². The highest BCUT2D eigenvalue weighted by Crippen LogP contribution is 2.25. The zero-order valence-corrected chi connectivity index (χ0v) is 14.6. The van der Waals surface area contributed by atoms with Gasteiger partial charge in [0.15, 0.2) is 5.88 Å². The molecule has 2 aromatic rings. The standard InChI is InChI=1S/C19H19N3O5/c23-17-15(11-13-6-7-16(27-13)21-8-2-1-3-9-21)18(24)22(19(25)20-17)12-14-5-4-10-26-14/h4-7,10-11H,1-3,8-9,12H2,(H,20,23,25)/b15-11+. The number of urea groups is 1. The highest BCUT2D eigenvalue weighted by Gasteiger charge is 2.36. The number of anilines is 1. The molecule has 4 amide bonds. The van der Waals surface area contributed by atoms with Gasteiger partial charge in [0, 0.05) is 19.2 Å². The van der Waals surface area contributed by atoms with E-state index in [2.05, 4.69) is 10.2 Å². The van der Waals surface area contributed by atoms with Crippen molar-refractivity contribution < 1.29 is 23.2 Å². The van der Waals surface area contributed by atoms with Crippen molar-refractivity contribution in [3.63, 3.8) is 0 Å². The Balaban J connectivity index is 1.55. The Kier molecular flexibility index (Phi) is 4.53. The van der Waals surface area contributed by atoms with Gasteiger partial charge in [-0.15, -0.1) is 0 Å². The van der Waals surface area contributed by atoms with Gasteiger partial charge in [0.05, 0.1) is 12.8 Å². The van der Waals surface area contributed by atoms with E-state index >= 15 is 0 Å². The van der Waals surface area contributed by atoms with Crippen LogP contribution in [0.1, 0.15) is 30.8 Å². The van der Waals surface area contributed by atoms with Crippen LogP contribution in [0.4, 0.5) is 10.7 Å². The summed E-state index contributed by atoms with van der Waals surface area (Å²) in [7, 11) is 0. The Morgan fingerprint density at radius 2 is 1.89 bits per heavy atom. The first-order valence-corrected chi connectivity index (χ1v) is 8.88. The van der Waals surface area contributed by atoms with Gasteiger partial charge >= 0.3 is 6.03 Å². The fourth-order valence-corrected chi connectivity index (χ4v) is 3.24. The number of nitrogens with zero attached hydrogens (tertiary/aromatic N) is 2. The molecule has 0 unspecified atom stereocenters. The Bertz CT molecular complexity index is 890. The first kappa shape index (κ1) is 17.1. The molecule has 2 aromatic heterocycles. The number of furan rings is 2. The Morgan fingerprint density at radius 3 is 2.63 bits per heavy atom. The second-order valence-corrected chi connectivity index (χ2v) is 6.51. The van der Waals surface area contributed by atoms with Gasteiger partial charge in [-0.25, -0.2) is 4.79 Å². The molecule has 4 heterocycles. The van der Waals surface area contributed by atoms with E-state index in [1.54, 1.807) is 18.2 Å². The second-order valence-electron chi connectivity index (χ2n) is 6.51. The SMILES string of the molecule is O=C1NC(=O)N(Cc2ccco2)C(=O)/C1=C/c1ccc(N2CCCCC2)o1. The molecule has 8 heteroatoms. The smallest absolute Gasteiger partial charge is 0.331 e. The molecule has 4 rings (SSSR count). The first-order valence-electron chi connectivity index (χ1n) is 8.88. The highest BCUT2D eigenvalue weighted by atomic mass is 16.4. The molecule has 8 nitrogen and oxygen atoms in total. The van der Waals surface area contributed by atoms with E-state index in [1.807, 2.05) is 6.07 Å². The number of barbiturate groups is 1. The zero-order valence-electron chi connectivity index (χ0n) is 14.6. The molecule has 2 aliphatic rings. The van der Waals surface area contributed by atoms with Crippen LogP contribution in [0.5, 0.6) is 0 Å². The second kappa shape index (κ2) is 7.14. The third-order valence-electron chi connectivity index (χ3n) is 4.65. The number of piperidine rings is 1. The van der Waals surface area contributed by atoms with E-state index < -0.39 is 17.8 Å². The van der Waals surface area contributed by atoms with Gasteiger partial charge in [0.1, 0.15) is 17.1 Å². The summed E-state index contributed by atoms with van der Waals surface area (Å²) in [6.07, 6.45) is 6.26. The lowest BCUT2D eigenvalue weighted by molar-refractivity contribution is -0.130. The number of nitrogens with one attached hydrogen (secondary N) is 1. The fourth-order valence-electron chi connectivity index (χ4n) is 3.24. The Hall–Kier alpha value is -3.29. The Morgan fingerprint density at radius 1 is 1.07 bits per heavy atom. The summed E-state index contributed by atoms with van der Waals surface area (Å²) < 4.78 is 11.0. The van der Waals surface area contributed by atoms with Gasteiger partial charge < -0.3 is 13.7 Å². The maximum absolute atomic E-state index is 12.7. The zero-order chi connectivity index (χ0) is 18.8. The largest absolute Gasteiger partial charge is 0.467 e. The lowest BCUT2D eigenvalue weighted by atomic mass is 10.1. The number of hydrogen-bond donors (Lipinski definition) is 1. The van der Waals surface area contributed by atoms with Crippen LogP contribution in [0.2, 0.25) is 0 Å². The molecule has 2 saturated heterocycles. The maximum atomic E-state index is 12.7. The average Bonchev–Trinajstić information content (AvgIpc) is 3.35. The lowest BCUT2D eigenvalue weighted by Gasteiger charge is -2.26. The van der Waals surface area contributed by atoms with Crippen LogP contribution < -0.4 is 10.2 Å². The van der Waals surface area contributed by atoms with Crippen molar-refractivity contribution in [3.8, 4) is 0 Å². The van der Waals surface area contributed by atoms with Gasteiger partial charge in [-0.2, -0.15) is 0 Å². The number of hydrogen-bond acceptors (Lipinski definition) is 6. The fraction of sp³-hybridized carbons (Fsp3) is 0.316. The topological polar surface area (TPSA) is 96.0 Å². The number of amides is 4. The summed E-state index contributed by atoms with van der Waals surface area (Å²) in [6.45, 7) is 1.79. The molecule has 140 valence electrons. The van der Waals surface area contributed by atoms with Crippen molar-refractivity contribution in [3.05, 3.63) is 47.6 Å². The summed E-state index contributed by atoms with van der Waals surface area (Å²) in [4.78, 5) is 39.9. The highest BCUT2D eigenvalue weighted by molar-refractivity contribution is 6.30. The quantitative estimate of drug-likeness (QED) is 0.657. The molecule has 0 aromatic carbocycles. The van der Waals surface area contributed by atoms with Crippen molar-refractivity contribution in [2.45, 2.75) is 25.8 Å². The summed E-state index contributed by atoms with van der Waals surface area (Å²) in [5.41, 5.74) is -0.152. The van der Waals surface area contributed by atoms with E-state index in [0.717, 1.165) is 30.8 Å². The van der Waals surface area contributed by atoms with E-state index in [9.17, 15) is 14.4 Å². The molecule has 0 bridgehead atoms. The third kappa shape index (κ3) is 3.51. The normalized spacial score (nSPS) is 19.7. The molecule has 2 aliphatic heterocycles. The molecule has 0 radical (unpaired) electrons. The molecule has 0 spiro atoms. The average molecular weight is 369 g/mol. The maximum Gasteiger partial charge on any atom is 0.331 e. The number of imide groups is 2. The number of carbonyl (C=O) groups excluding carboxylic acids is 3. The molecule has 1 N–H and O–H groups in total. The molecule has 27 heavy (non-hydrogen) atoms. The number of carbonyl (C=O) groups is 3.